The summed E-state index contributed by atoms with van der Waals surface area (Å²) in [6.07, 6.45) is 3.71. The molecule has 1 heterocycles. The van der Waals surface area contributed by atoms with Crippen molar-refractivity contribution in [2.45, 2.75) is 33.2 Å². The van der Waals surface area contributed by atoms with Gasteiger partial charge in [-0.1, -0.05) is 35.3 Å². The fourth-order valence-electron chi connectivity index (χ4n) is 3.52. The third-order valence-corrected chi connectivity index (χ3v) is 5.50. The fraction of sp³-hybridized carbons (Fsp3) is 0.286. The van der Waals surface area contributed by atoms with Crippen LogP contribution in [0, 0.1) is 5.82 Å². The van der Waals surface area contributed by atoms with Crippen LogP contribution in [0.5, 0.6) is 0 Å². The van der Waals surface area contributed by atoms with Crippen LogP contribution >= 0.6 is 23.2 Å². The molecule has 0 amide bonds. The molecule has 1 aliphatic heterocycles. The summed E-state index contributed by atoms with van der Waals surface area (Å²) in [6, 6.07) is 8.64. The van der Waals surface area contributed by atoms with E-state index in [1.54, 1.807) is 24.3 Å². The molecule has 0 aliphatic carbocycles. The van der Waals surface area contributed by atoms with Gasteiger partial charge < -0.3 is 4.90 Å². The SMILES string of the molecule is CCN1c2cc(F)c(C=Nc3cccc(Cl)c3Cl)cc2C(C)=CC1(C)C. The lowest BCUT2D eigenvalue weighted by atomic mass is 9.88. The number of allylic oxidation sites excluding steroid dienone is 1. The van der Waals surface area contributed by atoms with Gasteiger partial charge in [-0.15, -0.1) is 0 Å². The maximum absolute atomic E-state index is 14.8. The van der Waals surface area contributed by atoms with Crippen LogP contribution in [0.1, 0.15) is 38.8 Å². The van der Waals surface area contributed by atoms with Crippen molar-refractivity contribution in [1.29, 1.82) is 0 Å². The number of halogens is 3. The largest absolute Gasteiger partial charge is 0.363 e. The van der Waals surface area contributed by atoms with Crippen molar-refractivity contribution in [2.75, 3.05) is 11.4 Å². The normalized spacial score (nSPS) is 16.0. The third-order valence-electron chi connectivity index (χ3n) is 4.69. The molecule has 0 unspecified atom stereocenters. The molecule has 0 radical (unpaired) electrons. The van der Waals surface area contributed by atoms with E-state index in [1.807, 2.05) is 6.07 Å². The summed E-state index contributed by atoms with van der Waals surface area (Å²) in [6.45, 7) is 9.21. The number of anilines is 1. The first-order valence-corrected chi connectivity index (χ1v) is 9.29. The lowest BCUT2D eigenvalue weighted by molar-refractivity contribution is 0.561. The summed E-state index contributed by atoms with van der Waals surface area (Å²) in [7, 11) is 0. The second kappa shape index (κ2) is 7.05. The summed E-state index contributed by atoms with van der Waals surface area (Å²) in [4.78, 5) is 6.53. The molecule has 1 aliphatic rings. The molecule has 0 atom stereocenters. The van der Waals surface area contributed by atoms with Crippen molar-refractivity contribution >= 4 is 46.4 Å². The predicted octanol–water partition coefficient (Wildman–Crippen LogP) is 6.90. The van der Waals surface area contributed by atoms with Crippen LogP contribution in [0.15, 0.2) is 41.4 Å². The van der Waals surface area contributed by atoms with E-state index in [0.29, 0.717) is 21.3 Å². The van der Waals surface area contributed by atoms with Crippen LogP contribution < -0.4 is 4.90 Å². The maximum Gasteiger partial charge on any atom is 0.134 e. The Balaban J connectivity index is 2.06. The average molecular weight is 391 g/mol. The number of likely N-dealkylation sites (N-methyl/N-ethyl adjacent to an activating group) is 1. The van der Waals surface area contributed by atoms with Gasteiger partial charge in [0.15, 0.2) is 0 Å². The van der Waals surface area contributed by atoms with Crippen LogP contribution in [-0.4, -0.2) is 18.3 Å². The first kappa shape index (κ1) is 18.9. The summed E-state index contributed by atoms with van der Waals surface area (Å²) >= 11 is 12.2. The van der Waals surface area contributed by atoms with Gasteiger partial charge in [-0.05, 0) is 57.5 Å². The molecule has 3 rings (SSSR count). The zero-order chi connectivity index (χ0) is 19.1. The van der Waals surface area contributed by atoms with Gasteiger partial charge in [-0.25, -0.2) is 4.39 Å². The lowest BCUT2D eigenvalue weighted by Crippen LogP contribution is -2.45. The van der Waals surface area contributed by atoms with E-state index in [-0.39, 0.29) is 11.4 Å². The minimum absolute atomic E-state index is 0.151. The molecule has 136 valence electrons. The number of aliphatic imine (C=N–C) groups is 1. The fourth-order valence-corrected chi connectivity index (χ4v) is 3.87. The Morgan fingerprint density at radius 1 is 1.23 bits per heavy atom. The van der Waals surface area contributed by atoms with E-state index in [2.05, 4.69) is 43.7 Å². The highest BCUT2D eigenvalue weighted by molar-refractivity contribution is 6.43. The van der Waals surface area contributed by atoms with Crippen molar-refractivity contribution in [3.8, 4) is 0 Å². The Hall–Kier alpha value is -1.84. The molecular formula is C21H21Cl2FN2. The van der Waals surface area contributed by atoms with E-state index in [0.717, 1.165) is 23.4 Å². The molecule has 2 aromatic rings. The van der Waals surface area contributed by atoms with Gasteiger partial charge in [0.2, 0.25) is 0 Å². The third kappa shape index (κ3) is 3.38. The maximum atomic E-state index is 14.8. The first-order chi connectivity index (χ1) is 12.2. The molecule has 0 spiro atoms. The van der Waals surface area contributed by atoms with Crippen LogP contribution in [-0.2, 0) is 0 Å². The number of fused-ring (bicyclic) bond motifs is 1. The Labute approximate surface area is 164 Å². The predicted molar refractivity (Wildman–Crippen MR) is 111 cm³/mol. The van der Waals surface area contributed by atoms with Crippen molar-refractivity contribution in [1.82, 2.24) is 0 Å². The number of nitrogens with zero attached hydrogens (tertiary/aromatic N) is 2. The molecule has 0 aromatic heterocycles. The zero-order valence-corrected chi connectivity index (χ0v) is 16.8. The van der Waals surface area contributed by atoms with E-state index in [1.165, 1.54) is 6.21 Å². The summed E-state index contributed by atoms with van der Waals surface area (Å²) in [5.41, 5.74) is 3.84. The van der Waals surface area contributed by atoms with E-state index < -0.39 is 0 Å². The number of rotatable bonds is 3. The van der Waals surface area contributed by atoms with Crippen molar-refractivity contribution in [2.24, 2.45) is 4.99 Å². The minimum Gasteiger partial charge on any atom is -0.363 e. The van der Waals surface area contributed by atoms with Gasteiger partial charge >= 0.3 is 0 Å². The van der Waals surface area contributed by atoms with Gasteiger partial charge in [-0.3, -0.25) is 4.99 Å². The van der Waals surface area contributed by atoms with Gasteiger partial charge in [0.1, 0.15) is 5.82 Å². The number of hydrogen-bond acceptors (Lipinski definition) is 2. The summed E-state index contributed by atoms with van der Waals surface area (Å²) < 4.78 is 14.8. The lowest BCUT2D eigenvalue weighted by Gasteiger charge is -2.42. The van der Waals surface area contributed by atoms with Crippen LogP contribution in [0.2, 0.25) is 10.0 Å². The summed E-state index contributed by atoms with van der Waals surface area (Å²) in [5, 5.41) is 0.783. The van der Waals surface area contributed by atoms with Crippen molar-refractivity contribution < 1.29 is 4.39 Å². The van der Waals surface area contributed by atoms with Crippen molar-refractivity contribution in [3.05, 3.63) is 63.4 Å². The average Bonchev–Trinajstić information content (AvgIpc) is 2.56. The second-order valence-electron chi connectivity index (χ2n) is 6.95. The Kier molecular flexibility index (Phi) is 5.14. The monoisotopic (exact) mass is 390 g/mol. The molecule has 26 heavy (non-hydrogen) atoms. The highest BCUT2D eigenvalue weighted by Crippen LogP contribution is 2.40. The Bertz CT molecular complexity index is 916. The van der Waals surface area contributed by atoms with E-state index in [9.17, 15) is 4.39 Å². The van der Waals surface area contributed by atoms with Gasteiger partial charge in [0.05, 0.1) is 21.3 Å². The van der Waals surface area contributed by atoms with Crippen molar-refractivity contribution in [3.63, 3.8) is 0 Å². The van der Waals surface area contributed by atoms with E-state index >= 15 is 0 Å². The molecule has 0 N–H and O–H groups in total. The molecule has 2 aromatic carbocycles. The molecule has 0 saturated heterocycles. The first-order valence-electron chi connectivity index (χ1n) is 8.53. The zero-order valence-electron chi connectivity index (χ0n) is 15.3. The highest BCUT2D eigenvalue weighted by Gasteiger charge is 2.30. The van der Waals surface area contributed by atoms with Crippen LogP contribution in [0.25, 0.3) is 5.57 Å². The van der Waals surface area contributed by atoms with Crippen LogP contribution in [0.3, 0.4) is 0 Å². The number of hydrogen-bond donors (Lipinski definition) is 0. The van der Waals surface area contributed by atoms with Gasteiger partial charge in [0.25, 0.3) is 0 Å². The molecule has 0 fully saturated rings. The molecule has 0 bridgehead atoms. The molecular weight excluding hydrogens is 370 g/mol. The standard InChI is InChI=1S/C21H21Cl2FN2/c1-5-26-19-10-17(24)14(9-15(19)13(2)11-21(26,3)4)12-25-18-8-6-7-16(22)20(18)23/h6-12H,5H2,1-4H3. The van der Waals surface area contributed by atoms with Gasteiger partial charge in [0, 0.05) is 29.6 Å². The minimum atomic E-state index is -0.311. The highest BCUT2D eigenvalue weighted by atomic mass is 35.5. The quantitative estimate of drug-likeness (QED) is 0.520. The van der Waals surface area contributed by atoms with Gasteiger partial charge in [-0.2, -0.15) is 0 Å². The topological polar surface area (TPSA) is 15.6 Å². The second-order valence-corrected chi connectivity index (χ2v) is 7.73. The van der Waals surface area contributed by atoms with E-state index in [4.69, 9.17) is 23.2 Å². The molecule has 5 heteroatoms. The summed E-state index contributed by atoms with van der Waals surface area (Å²) in [5.74, 6) is -0.311. The Morgan fingerprint density at radius 2 is 1.96 bits per heavy atom. The Morgan fingerprint density at radius 3 is 2.65 bits per heavy atom. The molecule has 0 saturated carbocycles. The molecule has 2 nitrogen and oxygen atoms in total. The smallest absolute Gasteiger partial charge is 0.134 e. The van der Waals surface area contributed by atoms with Crippen LogP contribution in [0.4, 0.5) is 15.8 Å². The number of benzene rings is 2.